The van der Waals surface area contributed by atoms with Crippen molar-refractivity contribution in [2.24, 2.45) is 10.9 Å². The summed E-state index contributed by atoms with van der Waals surface area (Å²) in [7, 11) is 0. The van der Waals surface area contributed by atoms with Gasteiger partial charge in [-0.05, 0) is 70.1 Å². The summed E-state index contributed by atoms with van der Waals surface area (Å²) in [6.45, 7) is 8.42. The smallest absolute Gasteiger partial charge is 0.308 e. The number of hydrogen-bond acceptors (Lipinski definition) is 4. The van der Waals surface area contributed by atoms with Gasteiger partial charge in [-0.2, -0.15) is 13.2 Å². The zero-order valence-corrected chi connectivity index (χ0v) is 17.3. The number of hydrogen-bond donors (Lipinski definition) is 2. The summed E-state index contributed by atoms with van der Waals surface area (Å²) >= 11 is 0. The molecule has 2 heterocycles. The van der Waals surface area contributed by atoms with Gasteiger partial charge in [0, 0.05) is 19.2 Å². The van der Waals surface area contributed by atoms with Crippen LogP contribution in [0.25, 0.3) is 4.95 Å². The minimum Gasteiger partial charge on any atom is -0.308 e. The molecule has 2 unspecified atom stereocenters. The van der Waals surface area contributed by atoms with E-state index in [2.05, 4.69) is 31.7 Å². The standard InChI is InChI=1S/C20H28F3N5O/c1-5-19(26-15(4)29)27-24-11-14(3)28-7-6-16(12-28)9-17-8-13(2)25-18(10-17)20(21,22)23/h5,8,14,16,18,27H,6-7,9-10,12H2,1-4H3/p+1/b19-5-/t14?,16-,18?/m1/s1. The first-order chi connectivity index (χ1) is 13.6. The van der Waals surface area contributed by atoms with E-state index in [1.165, 1.54) is 6.92 Å². The van der Waals surface area contributed by atoms with Gasteiger partial charge in [0.1, 0.15) is 12.1 Å². The van der Waals surface area contributed by atoms with Crippen molar-refractivity contribution in [1.82, 2.24) is 15.6 Å². The lowest BCUT2D eigenvalue weighted by Crippen LogP contribution is -2.31. The van der Waals surface area contributed by atoms with E-state index in [0.29, 0.717) is 23.9 Å². The number of dihydropyridines is 1. The molecule has 0 aromatic carbocycles. The fourth-order valence-electron chi connectivity index (χ4n) is 3.64. The van der Waals surface area contributed by atoms with Crippen LogP contribution in [0.5, 0.6) is 0 Å². The van der Waals surface area contributed by atoms with Gasteiger partial charge in [-0.1, -0.05) is 5.57 Å². The van der Waals surface area contributed by atoms with E-state index in [4.69, 9.17) is 0 Å². The largest absolute Gasteiger partial charge is 0.411 e. The molecule has 2 rings (SSSR count). The number of aliphatic imine (C=N–C) groups is 1. The number of rotatable bonds is 5. The van der Waals surface area contributed by atoms with Crippen LogP contribution < -0.4 is 10.7 Å². The van der Waals surface area contributed by atoms with E-state index in [9.17, 15) is 18.0 Å². The second kappa shape index (κ2) is 9.92. The van der Waals surface area contributed by atoms with Crippen LogP contribution in [0.15, 0.2) is 28.5 Å². The third-order valence-corrected chi connectivity index (χ3v) is 5.05. The molecule has 160 valence electrons. The Hall–Kier alpha value is -2.34. The molecule has 0 radical (unpaired) electrons. The van der Waals surface area contributed by atoms with Crippen molar-refractivity contribution in [3.8, 4) is 6.07 Å². The molecule has 6 nitrogen and oxygen atoms in total. The quantitative estimate of drug-likeness (QED) is 0.678. The van der Waals surface area contributed by atoms with Gasteiger partial charge >= 0.3 is 12.2 Å². The Morgan fingerprint density at radius 2 is 2.24 bits per heavy atom. The van der Waals surface area contributed by atoms with Crippen LogP contribution in [0.2, 0.25) is 0 Å². The first kappa shape index (κ1) is 22.9. The van der Waals surface area contributed by atoms with Crippen molar-refractivity contribution in [2.45, 2.75) is 65.2 Å². The van der Waals surface area contributed by atoms with Gasteiger partial charge in [0.15, 0.2) is 5.82 Å². The van der Waals surface area contributed by atoms with Crippen LogP contribution in [0.1, 0.15) is 47.0 Å². The minimum atomic E-state index is -4.29. The number of likely N-dealkylation sites (tertiary alicyclic amines) is 1. The van der Waals surface area contributed by atoms with E-state index >= 15 is 0 Å². The molecule has 0 aromatic heterocycles. The Bertz CT molecular complexity index is 760. The summed E-state index contributed by atoms with van der Waals surface area (Å²) < 4.78 is 39.1. The Labute approximate surface area is 169 Å². The topological polar surface area (TPSA) is 61.1 Å². The molecule has 2 aliphatic rings. The van der Waals surface area contributed by atoms with Crippen molar-refractivity contribution in [1.29, 1.82) is 0 Å². The summed E-state index contributed by atoms with van der Waals surface area (Å²) in [6.07, 6.45) is 0.740. The number of alkyl halides is 3. The zero-order valence-electron chi connectivity index (χ0n) is 17.3. The highest BCUT2D eigenvalue weighted by molar-refractivity contribution is 5.94. The van der Waals surface area contributed by atoms with Crippen molar-refractivity contribution < 1.29 is 18.0 Å². The van der Waals surface area contributed by atoms with Crippen LogP contribution in [0.4, 0.5) is 13.2 Å². The maximum atomic E-state index is 13.0. The second-order valence-electron chi connectivity index (χ2n) is 7.60. The fraction of sp³-hybridized carbons (Fsp3) is 0.650. The zero-order chi connectivity index (χ0) is 21.6. The summed E-state index contributed by atoms with van der Waals surface area (Å²) in [4.78, 5) is 21.1. The van der Waals surface area contributed by atoms with E-state index in [1.54, 1.807) is 26.0 Å². The average molecular weight is 412 g/mol. The molecule has 0 spiro atoms. The Morgan fingerprint density at radius 3 is 2.86 bits per heavy atom. The number of amides is 1. The third kappa shape index (κ3) is 7.20. The van der Waals surface area contributed by atoms with Gasteiger partial charge in [-0.25, -0.2) is 0 Å². The van der Waals surface area contributed by atoms with Crippen molar-refractivity contribution in [3.05, 3.63) is 28.5 Å². The molecule has 0 bridgehead atoms. The molecule has 1 fully saturated rings. The first-order valence-corrected chi connectivity index (χ1v) is 9.78. The predicted octanol–water partition coefficient (Wildman–Crippen LogP) is 3.64. The number of halogens is 3. The summed E-state index contributed by atoms with van der Waals surface area (Å²) in [6, 6.07) is 1.32. The molecule has 3 atom stereocenters. The van der Waals surface area contributed by atoms with Crippen LogP contribution in [0.3, 0.4) is 0 Å². The van der Waals surface area contributed by atoms with Crippen LogP contribution >= 0.6 is 0 Å². The van der Waals surface area contributed by atoms with Crippen molar-refractivity contribution in [2.75, 3.05) is 13.1 Å². The van der Waals surface area contributed by atoms with E-state index in [1.807, 2.05) is 6.92 Å². The summed E-state index contributed by atoms with van der Waals surface area (Å²) in [5.74, 6) is 0.599. The van der Waals surface area contributed by atoms with Crippen LogP contribution in [-0.2, 0) is 4.79 Å². The number of nitrogens with one attached hydrogen (secondary N) is 2. The number of allylic oxidation sites excluding steroid dienone is 2. The van der Waals surface area contributed by atoms with Gasteiger partial charge in [-0.15, -0.1) is 0 Å². The Balaban J connectivity index is 1.87. The summed E-state index contributed by atoms with van der Waals surface area (Å²) in [5.41, 5.74) is 4.02. The normalized spacial score (nSPS) is 24.2. The highest BCUT2D eigenvalue weighted by Crippen LogP contribution is 2.34. The average Bonchev–Trinajstić information content (AvgIpc) is 3.07. The monoisotopic (exact) mass is 412 g/mol. The summed E-state index contributed by atoms with van der Waals surface area (Å²) in [5, 5.41) is 2.61. The van der Waals surface area contributed by atoms with Gasteiger partial charge in [-0.3, -0.25) is 14.7 Å². The highest BCUT2D eigenvalue weighted by Gasteiger charge is 2.41. The van der Waals surface area contributed by atoms with Gasteiger partial charge < -0.3 is 5.32 Å². The molecule has 1 amide bonds. The van der Waals surface area contributed by atoms with E-state index in [-0.39, 0.29) is 18.4 Å². The molecular formula is C20H29F3N5O+. The molecule has 0 aliphatic carbocycles. The van der Waals surface area contributed by atoms with Gasteiger partial charge in [0.25, 0.3) is 0 Å². The van der Waals surface area contributed by atoms with E-state index in [0.717, 1.165) is 25.1 Å². The predicted molar refractivity (Wildman–Crippen MR) is 107 cm³/mol. The first-order valence-electron chi connectivity index (χ1n) is 9.78. The van der Waals surface area contributed by atoms with Crippen molar-refractivity contribution in [3.63, 3.8) is 0 Å². The number of carbonyl (C=O) groups excluding carboxylic acids is 1. The highest BCUT2D eigenvalue weighted by atomic mass is 19.4. The number of nitrogens with zero attached hydrogens (tertiary/aromatic N) is 3. The van der Waals surface area contributed by atoms with Crippen LogP contribution in [0, 0.1) is 12.0 Å². The van der Waals surface area contributed by atoms with E-state index < -0.39 is 12.2 Å². The Morgan fingerprint density at radius 1 is 1.52 bits per heavy atom. The lowest BCUT2D eigenvalue weighted by atomic mass is 9.91. The number of carbonyl (C=O) groups is 1. The van der Waals surface area contributed by atoms with Crippen LogP contribution in [-0.4, -0.2) is 47.9 Å². The van der Waals surface area contributed by atoms with Gasteiger partial charge in [0.05, 0.1) is 4.95 Å². The molecule has 0 aromatic rings. The molecule has 1 saturated heterocycles. The van der Waals surface area contributed by atoms with Crippen molar-refractivity contribution >= 4 is 11.6 Å². The molecule has 0 saturated carbocycles. The molecule has 2 N–H and O–H groups in total. The lowest BCUT2D eigenvalue weighted by Gasteiger charge is -2.24. The molecule has 9 heteroatoms. The molecular weight excluding hydrogens is 383 g/mol. The lowest BCUT2D eigenvalue weighted by molar-refractivity contribution is -0.146. The van der Waals surface area contributed by atoms with Gasteiger partial charge in [0.2, 0.25) is 5.91 Å². The maximum absolute atomic E-state index is 13.0. The maximum Gasteiger partial charge on any atom is 0.411 e. The minimum absolute atomic E-state index is 0.0420. The fourth-order valence-corrected chi connectivity index (χ4v) is 3.64. The SMILES string of the molecule is C/C=C(\N[N+]#CC(C)N1CC[C@H](CC2=CC(C)=NC(C(F)(F)F)C2)C1)NC(C)=O. The molecule has 29 heavy (non-hydrogen) atoms. The second-order valence-corrected chi connectivity index (χ2v) is 7.60. The Kier molecular flexibility index (Phi) is 7.85. The molecule has 2 aliphatic heterocycles. The third-order valence-electron chi connectivity index (χ3n) is 5.05.